The van der Waals surface area contributed by atoms with Gasteiger partial charge in [0.05, 0.1) is 16.7 Å². The molecule has 0 saturated carbocycles. The number of rotatable bonds is 2. The van der Waals surface area contributed by atoms with E-state index < -0.39 is 0 Å². The van der Waals surface area contributed by atoms with Crippen LogP contribution in [0.5, 0.6) is 0 Å². The van der Waals surface area contributed by atoms with Gasteiger partial charge in [0, 0.05) is 16.3 Å². The SMILES string of the molecule is c1ccc(-n2c3ccccc3c3ccccc32)c(-c2cccc3ccccc23)c1. The highest BCUT2D eigenvalue weighted by Crippen LogP contribution is 2.37. The predicted molar refractivity (Wildman–Crippen MR) is 124 cm³/mol. The fraction of sp³-hybridized carbons (Fsp3) is 0. The van der Waals surface area contributed by atoms with Crippen LogP contribution in [0.25, 0.3) is 49.4 Å². The number of hydrogen-bond acceptors (Lipinski definition) is 0. The highest BCUT2D eigenvalue weighted by Gasteiger charge is 2.15. The Labute approximate surface area is 169 Å². The molecule has 1 heteroatoms. The molecule has 0 aliphatic rings. The minimum Gasteiger partial charge on any atom is -0.309 e. The summed E-state index contributed by atoms with van der Waals surface area (Å²) in [7, 11) is 0. The van der Waals surface area contributed by atoms with Gasteiger partial charge in [-0.15, -0.1) is 0 Å². The summed E-state index contributed by atoms with van der Waals surface area (Å²) >= 11 is 0. The molecule has 0 unspecified atom stereocenters. The van der Waals surface area contributed by atoms with Crippen molar-refractivity contribution < 1.29 is 0 Å². The highest BCUT2D eigenvalue weighted by molar-refractivity contribution is 6.10. The van der Waals surface area contributed by atoms with Crippen LogP contribution < -0.4 is 0 Å². The number of hydrogen-bond donors (Lipinski definition) is 0. The number of aromatic nitrogens is 1. The van der Waals surface area contributed by atoms with E-state index in [-0.39, 0.29) is 0 Å². The van der Waals surface area contributed by atoms with Crippen LogP contribution in [0.2, 0.25) is 0 Å². The number of fused-ring (bicyclic) bond motifs is 4. The smallest absolute Gasteiger partial charge is 0.0541 e. The molecule has 0 fully saturated rings. The van der Waals surface area contributed by atoms with Crippen LogP contribution in [0.15, 0.2) is 115 Å². The molecule has 0 aliphatic heterocycles. The molecule has 1 heterocycles. The van der Waals surface area contributed by atoms with Gasteiger partial charge in [-0.1, -0.05) is 97.1 Å². The van der Waals surface area contributed by atoms with Gasteiger partial charge in [-0.2, -0.15) is 0 Å². The molecule has 0 amide bonds. The first kappa shape index (κ1) is 16.1. The molecule has 6 rings (SSSR count). The summed E-state index contributed by atoms with van der Waals surface area (Å²) in [5, 5.41) is 5.12. The van der Waals surface area contributed by atoms with Crippen molar-refractivity contribution >= 4 is 32.6 Å². The summed E-state index contributed by atoms with van der Waals surface area (Å²) in [6.07, 6.45) is 0. The molecule has 0 saturated heterocycles. The number of nitrogens with zero attached hydrogens (tertiary/aromatic N) is 1. The molecule has 0 atom stereocenters. The van der Waals surface area contributed by atoms with Crippen molar-refractivity contribution in [2.75, 3.05) is 0 Å². The fourth-order valence-corrected chi connectivity index (χ4v) is 4.54. The Balaban J connectivity index is 1.75. The summed E-state index contributed by atoms with van der Waals surface area (Å²) in [5.74, 6) is 0. The van der Waals surface area contributed by atoms with Gasteiger partial charge in [-0.3, -0.25) is 0 Å². The van der Waals surface area contributed by atoms with Crippen molar-refractivity contribution in [3.8, 4) is 16.8 Å². The molecule has 5 aromatic carbocycles. The van der Waals surface area contributed by atoms with Gasteiger partial charge in [0.15, 0.2) is 0 Å². The fourth-order valence-electron chi connectivity index (χ4n) is 4.54. The zero-order chi connectivity index (χ0) is 19.2. The monoisotopic (exact) mass is 369 g/mol. The second-order valence-corrected chi connectivity index (χ2v) is 7.41. The maximum atomic E-state index is 2.40. The van der Waals surface area contributed by atoms with Crippen LogP contribution in [0.4, 0.5) is 0 Å². The maximum absolute atomic E-state index is 2.40. The average molecular weight is 369 g/mol. The first-order chi connectivity index (χ1) is 14.4. The van der Waals surface area contributed by atoms with Gasteiger partial charge in [0.2, 0.25) is 0 Å². The molecular weight excluding hydrogens is 350 g/mol. The normalized spacial score (nSPS) is 11.4. The first-order valence-corrected chi connectivity index (χ1v) is 9.97. The minimum atomic E-state index is 1.21. The highest BCUT2D eigenvalue weighted by atomic mass is 15.0. The largest absolute Gasteiger partial charge is 0.309 e. The van der Waals surface area contributed by atoms with Gasteiger partial charge < -0.3 is 4.57 Å². The third-order valence-corrected chi connectivity index (χ3v) is 5.80. The van der Waals surface area contributed by atoms with Crippen molar-refractivity contribution in [3.05, 3.63) is 115 Å². The first-order valence-electron chi connectivity index (χ1n) is 9.97. The van der Waals surface area contributed by atoms with E-state index in [2.05, 4.69) is 120 Å². The van der Waals surface area contributed by atoms with Gasteiger partial charge >= 0.3 is 0 Å². The van der Waals surface area contributed by atoms with Crippen molar-refractivity contribution in [1.29, 1.82) is 0 Å². The van der Waals surface area contributed by atoms with Crippen LogP contribution in [0, 0.1) is 0 Å². The zero-order valence-corrected chi connectivity index (χ0v) is 15.9. The van der Waals surface area contributed by atoms with E-state index in [1.54, 1.807) is 0 Å². The lowest BCUT2D eigenvalue weighted by atomic mass is 9.97. The van der Waals surface area contributed by atoms with Gasteiger partial charge in [-0.25, -0.2) is 0 Å². The lowest BCUT2D eigenvalue weighted by Gasteiger charge is -2.15. The quantitative estimate of drug-likeness (QED) is 0.296. The molecule has 6 aromatic rings. The van der Waals surface area contributed by atoms with Crippen LogP contribution in [-0.4, -0.2) is 4.57 Å². The van der Waals surface area contributed by atoms with E-state index in [1.165, 1.54) is 49.4 Å². The topological polar surface area (TPSA) is 4.93 Å². The summed E-state index contributed by atoms with van der Waals surface area (Å²) in [5.41, 5.74) is 6.19. The third kappa shape index (κ3) is 2.41. The third-order valence-electron chi connectivity index (χ3n) is 5.80. The summed E-state index contributed by atoms with van der Waals surface area (Å²) in [6, 6.07) is 41.3. The van der Waals surface area contributed by atoms with Crippen LogP contribution in [-0.2, 0) is 0 Å². The van der Waals surface area contributed by atoms with Crippen molar-refractivity contribution in [3.63, 3.8) is 0 Å². The van der Waals surface area contributed by atoms with E-state index in [0.717, 1.165) is 0 Å². The van der Waals surface area contributed by atoms with E-state index in [4.69, 9.17) is 0 Å². The number of benzene rings is 5. The van der Waals surface area contributed by atoms with E-state index in [1.807, 2.05) is 0 Å². The van der Waals surface area contributed by atoms with Gasteiger partial charge in [0.25, 0.3) is 0 Å². The van der Waals surface area contributed by atoms with Crippen LogP contribution >= 0.6 is 0 Å². The Morgan fingerprint density at radius 2 is 0.897 bits per heavy atom. The second kappa shape index (κ2) is 6.35. The number of para-hydroxylation sites is 3. The molecule has 1 aromatic heterocycles. The molecule has 136 valence electrons. The zero-order valence-electron chi connectivity index (χ0n) is 15.9. The molecule has 0 N–H and O–H groups in total. The predicted octanol–water partition coefficient (Wildman–Crippen LogP) is 7.60. The van der Waals surface area contributed by atoms with Gasteiger partial charge in [0.1, 0.15) is 0 Å². The van der Waals surface area contributed by atoms with E-state index >= 15 is 0 Å². The molecule has 0 aliphatic carbocycles. The summed E-state index contributed by atoms with van der Waals surface area (Å²) < 4.78 is 2.40. The maximum Gasteiger partial charge on any atom is 0.0541 e. The Morgan fingerprint density at radius 1 is 0.379 bits per heavy atom. The molecule has 1 nitrogen and oxygen atoms in total. The molecule has 29 heavy (non-hydrogen) atoms. The lowest BCUT2D eigenvalue weighted by molar-refractivity contribution is 1.18. The van der Waals surface area contributed by atoms with Crippen molar-refractivity contribution in [1.82, 2.24) is 4.57 Å². The Bertz CT molecular complexity index is 1450. The summed E-state index contributed by atoms with van der Waals surface area (Å²) in [6.45, 7) is 0. The standard InChI is InChI=1S/C28H19N/c1-2-12-21-20(10-1)11-9-16-22(21)23-13-3-6-17-26(23)29-27-18-7-4-14-24(27)25-15-5-8-19-28(25)29/h1-19H. The minimum absolute atomic E-state index is 1.21. The van der Waals surface area contributed by atoms with Crippen LogP contribution in [0.3, 0.4) is 0 Å². The van der Waals surface area contributed by atoms with Crippen molar-refractivity contribution in [2.24, 2.45) is 0 Å². The van der Waals surface area contributed by atoms with Crippen LogP contribution in [0.1, 0.15) is 0 Å². The molecule has 0 spiro atoms. The molecule has 0 bridgehead atoms. The van der Waals surface area contributed by atoms with Crippen molar-refractivity contribution in [2.45, 2.75) is 0 Å². The Morgan fingerprint density at radius 3 is 1.66 bits per heavy atom. The van der Waals surface area contributed by atoms with E-state index in [0.29, 0.717) is 0 Å². The molecule has 0 radical (unpaired) electrons. The summed E-state index contributed by atoms with van der Waals surface area (Å²) in [4.78, 5) is 0. The average Bonchev–Trinajstić information content (AvgIpc) is 3.13. The van der Waals surface area contributed by atoms with Gasteiger partial charge in [-0.05, 0) is 34.5 Å². The Hall–Kier alpha value is -3.84. The lowest BCUT2D eigenvalue weighted by Crippen LogP contribution is -1.97. The Kier molecular flexibility index (Phi) is 3.54. The van der Waals surface area contributed by atoms with E-state index in [9.17, 15) is 0 Å². The second-order valence-electron chi connectivity index (χ2n) is 7.41. The molecular formula is C28H19N.